The van der Waals surface area contributed by atoms with E-state index in [0.717, 1.165) is 17.8 Å². The van der Waals surface area contributed by atoms with Crippen LogP contribution in [0.1, 0.15) is 25.1 Å². The molecule has 2 heterocycles. The molecule has 0 fully saturated rings. The molecule has 0 unspecified atom stereocenters. The number of nitrogens with one attached hydrogen (secondary N) is 1. The summed E-state index contributed by atoms with van der Waals surface area (Å²) in [5, 5.41) is 2.85. The second-order valence-corrected chi connectivity index (χ2v) is 8.72. The number of hydrogen-bond acceptors (Lipinski definition) is 4. The highest BCUT2D eigenvalue weighted by atomic mass is 32.2. The van der Waals surface area contributed by atoms with Crippen LogP contribution in [0.4, 0.5) is 4.79 Å². The zero-order valence-electron chi connectivity index (χ0n) is 12.3. The highest BCUT2D eigenvalue weighted by Crippen LogP contribution is 2.22. The maximum Gasteiger partial charge on any atom is 0.317 e. The molecule has 1 aliphatic heterocycles. The first-order valence-electron chi connectivity index (χ1n) is 6.92. The standard InChI is InChI=1S/C14H20N2O3S2/c1-3-21(18,19)13-7-6-12(20-13)9-15-14(17)16-8-4-5-11(2)10-16/h5-7H,3-4,8-10H2,1-2H3,(H,15,17). The van der Waals surface area contributed by atoms with Crippen molar-refractivity contribution in [1.29, 1.82) is 0 Å². The Kier molecular flexibility index (Phi) is 5.05. The molecular formula is C14H20N2O3S2. The molecule has 0 aliphatic carbocycles. The molecule has 0 radical (unpaired) electrons. The molecule has 7 heteroatoms. The van der Waals surface area contributed by atoms with Gasteiger partial charge in [-0.05, 0) is 25.5 Å². The van der Waals surface area contributed by atoms with E-state index in [0.29, 0.717) is 17.3 Å². The molecule has 1 aromatic rings. The second kappa shape index (κ2) is 6.62. The average Bonchev–Trinajstić information content (AvgIpc) is 2.94. The highest BCUT2D eigenvalue weighted by Gasteiger charge is 2.17. The Morgan fingerprint density at radius 1 is 1.43 bits per heavy atom. The zero-order chi connectivity index (χ0) is 15.5. The van der Waals surface area contributed by atoms with Gasteiger partial charge in [-0.25, -0.2) is 13.2 Å². The SMILES string of the molecule is CCS(=O)(=O)c1ccc(CNC(=O)N2CCC=C(C)C2)s1. The number of sulfone groups is 1. The Labute approximate surface area is 129 Å². The molecule has 21 heavy (non-hydrogen) atoms. The fourth-order valence-electron chi connectivity index (χ4n) is 2.12. The molecule has 5 nitrogen and oxygen atoms in total. The second-order valence-electron chi connectivity index (χ2n) is 5.04. The minimum Gasteiger partial charge on any atom is -0.333 e. The van der Waals surface area contributed by atoms with Crippen LogP contribution in [0.25, 0.3) is 0 Å². The van der Waals surface area contributed by atoms with Crippen molar-refractivity contribution in [3.8, 4) is 0 Å². The van der Waals surface area contributed by atoms with Crippen molar-refractivity contribution < 1.29 is 13.2 Å². The first kappa shape index (κ1) is 16.0. The van der Waals surface area contributed by atoms with E-state index in [4.69, 9.17) is 0 Å². The molecule has 0 saturated carbocycles. The Morgan fingerprint density at radius 3 is 2.86 bits per heavy atom. The molecular weight excluding hydrogens is 308 g/mol. The number of rotatable bonds is 4. The van der Waals surface area contributed by atoms with E-state index in [-0.39, 0.29) is 11.8 Å². The first-order chi connectivity index (χ1) is 9.92. The molecule has 0 bridgehead atoms. The number of thiophene rings is 1. The summed E-state index contributed by atoms with van der Waals surface area (Å²) in [7, 11) is -3.16. The van der Waals surface area contributed by atoms with E-state index in [1.807, 2.05) is 6.92 Å². The van der Waals surface area contributed by atoms with Gasteiger partial charge in [-0.15, -0.1) is 11.3 Å². The molecule has 0 saturated heterocycles. The quantitative estimate of drug-likeness (QED) is 0.863. The summed E-state index contributed by atoms with van der Waals surface area (Å²) in [6, 6.07) is 3.27. The third-order valence-electron chi connectivity index (χ3n) is 3.36. The van der Waals surface area contributed by atoms with Crippen LogP contribution >= 0.6 is 11.3 Å². The Morgan fingerprint density at radius 2 is 2.19 bits per heavy atom. The van der Waals surface area contributed by atoms with Gasteiger partial charge in [0, 0.05) is 18.0 Å². The van der Waals surface area contributed by atoms with Gasteiger partial charge in [-0.2, -0.15) is 0 Å². The summed E-state index contributed by atoms with van der Waals surface area (Å²) in [6.07, 6.45) is 3.03. The highest BCUT2D eigenvalue weighted by molar-refractivity contribution is 7.93. The predicted molar refractivity (Wildman–Crippen MR) is 84.2 cm³/mol. The smallest absolute Gasteiger partial charge is 0.317 e. The van der Waals surface area contributed by atoms with Crippen LogP contribution < -0.4 is 5.32 Å². The van der Waals surface area contributed by atoms with Crippen LogP contribution in [0, 0.1) is 0 Å². The van der Waals surface area contributed by atoms with Gasteiger partial charge in [0.25, 0.3) is 0 Å². The van der Waals surface area contributed by atoms with E-state index in [9.17, 15) is 13.2 Å². The normalized spacial score (nSPS) is 15.7. The Balaban J connectivity index is 1.92. The summed E-state index contributed by atoms with van der Waals surface area (Å²) >= 11 is 1.22. The number of carbonyl (C=O) groups is 1. The molecule has 1 aromatic heterocycles. The largest absolute Gasteiger partial charge is 0.333 e. The monoisotopic (exact) mass is 328 g/mol. The third-order valence-corrected chi connectivity index (χ3v) is 6.76. The molecule has 0 atom stereocenters. The lowest BCUT2D eigenvalue weighted by Gasteiger charge is -2.26. The van der Waals surface area contributed by atoms with Crippen LogP contribution in [0.5, 0.6) is 0 Å². The van der Waals surface area contributed by atoms with Gasteiger partial charge in [0.1, 0.15) is 4.21 Å². The maximum atomic E-state index is 12.1. The molecule has 1 N–H and O–H groups in total. The van der Waals surface area contributed by atoms with E-state index >= 15 is 0 Å². The van der Waals surface area contributed by atoms with Gasteiger partial charge in [-0.1, -0.05) is 18.6 Å². The van der Waals surface area contributed by atoms with Crippen molar-refractivity contribution >= 4 is 27.2 Å². The topological polar surface area (TPSA) is 66.5 Å². The van der Waals surface area contributed by atoms with Gasteiger partial charge >= 0.3 is 6.03 Å². The Bertz CT molecular complexity index is 647. The third kappa shape index (κ3) is 4.07. The lowest BCUT2D eigenvalue weighted by molar-refractivity contribution is 0.200. The first-order valence-corrected chi connectivity index (χ1v) is 9.39. The van der Waals surface area contributed by atoms with Crippen molar-refractivity contribution in [2.45, 2.75) is 31.0 Å². The van der Waals surface area contributed by atoms with Crippen molar-refractivity contribution in [1.82, 2.24) is 10.2 Å². The number of hydrogen-bond donors (Lipinski definition) is 1. The van der Waals surface area contributed by atoms with Gasteiger partial charge in [0.05, 0.1) is 12.3 Å². The molecule has 0 spiro atoms. The van der Waals surface area contributed by atoms with Crippen molar-refractivity contribution in [3.05, 3.63) is 28.7 Å². The van der Waals surface area contributed by atoms with Crippen LogP contribution in [0.3, 0.4) is 0 Å². The van der Waals surface area contributed by atoms with Crippen LogP contribution in [-0.4, -0.2) is 38.2 Å². The number of amides is 2. The van der Waals surface area contributed by atoms with E-state index < -0.39 is 9.84 Å². The van der Waals surface area contributed by atoms with Gasteiger partial charge in [-0.3, -0.25) is 0 Å². The fraction of sp³-hybridized carbons (Fsp3) is 0.500. The van der Waals surface area contributed by atoms with Crippen LogP contribution in [0.15, 0.2) is 28.0 Å². The molecule has 2 rings (SSSR count). The molecule has 2 amide bonds. The summed E-state index contributed by atoms with van der Waals surface area (Å²) < 4.78 is 23.9. The average molecular weight is 328 g/mol. The zero-order valence-corrected chi connectivity index (χ0v) is 13.9. The maximum absolute atomic E-state index is 12.1. The predicted octanol–water partition coefficient (Wildman–Crippen LogP) is 2.40. The van der Waals surface area contributed by atoms with Crippen LogP contribution in [0.2, 0.25) is 0 Å². The van der Waals surface area contributed by atoms with Gasteiger partial charge in [0.2, 0.25) is 0 Å². The number of urea groups is 1. The van der Waals surface area contributed by atoms with E-state index in [1.54, 1.807) is 24.0 Å². The number of carbonyl (C=O) groups excluding carboxylic acids is 1. The fourth-order valence-corrected chi connectivity index (χ4v) is 4.54. The Hall–Kier alpha value is -1.34. The molecule has 116 valence electrons. The van der Waals surface area contributed by atoms with Crippen molar-refractivity contribution in [2.75, 3.05) is 18.8 Å². The summed E-state index contributed by atoms with van der Waals surface area (Å²) in [5.74, 6) is 0.0959. The minimum atomic E-state index is -3.16. The van der Waals surface area contributed by atoms with Crippen LogP contribution in [-0.2, 0) is 16.4 Å². The van der Waals surface area contributed by atoms with Crippen molar-refractivity contribution in [2.24, 2.45) is 0 Å². The van der Waals surface area contributed by atoms with Gasteiger partial charge in [0.15, 0.2) is 9.84 Å². The molecule has 0 aromatic carbocycles. The summed E-state index contributed by atoms with van der Waals surface area (Å²) in [6.45, 7) is 5.39. The lowest BCUT2D eigenvalue weighted by atomic mass is 10.1. The summed E-state index contributed by atoms with van der Waals surface area (Å²) in [4.78, 5) is 14.7. The van der Waals surface area contributed by atoms with Crippen molar-refractivity contribution in [3.63, 3.8) is 0 Å². The minimum absolute atomic E-state index is 0.0959. The number of nitrogens with zero attached hydrogens (tertiary/aromatic N) is 1. The van der Waals surface area contributed by atoms with E-state index in [2.05, 4.69) is 11.4 Å². The lowest BCUT2D eigenvalue weighted by Crippen LogP contribution is -2.42. The van der Waals surface area contributed by atoms with E-state index in [1.165, 1.54) is 16.9 Å². The molecule has 1 aliphatic rings. The summed E-state index contributed by atoms with van der Waals surface area (Å²) in [5.41, 5.74) is 1.20. The van der Waals surface area contributed by atoms with Gasteiger partial charge < -0.3 is 10.2 Å².